The molecule has 0 aliphatic heterocycles. The van der Waals surface area contributed by atoms with Crippen LogP contribution in [0.1, 0.15) is 31.4 Å². The molecule has 3 aromatic heterocycles. The summed E-state index contributed by atoms with van der Waals surface area (Å²) >= 11 is 0. The van der Waals surface area contributed by atoms with Gasteiger partial charge in [-0.25, -0.2) is 4.98 Å². The van der Waals surface area contributed by atoms with Crippen molar-refractivity contribution in [2.24, 2.45) is 0 Å². The lowest BCUT2D eigenvalue weighted by atomic mass is 10.2. The third-order valence-corrected chi connectivity index (χ3v) is 4.52. The van der Waals surface area contributed by atoms with Crippen molar-refractivity contribution in [1.29, 1.82) is 0 Å². The maximum absolute atomic E-state index is 4.68. The number of hydrogen-bond acceptors (Lipinski definition) is 6. The predicted molar refractivity (Wildman–Crippen MR) is 103 cm³/mol. The van der Waals surface area contributed by atoms with Gasteiger partial charge in [-0.15, -0.1) is 0 Å². The molecule has 26 heavy (non-hydrogen) atoms. The number of pyridine rings is 2. The molecule has 2 N–H and O–H groups in total. The van der Waals surface area contributed by atoms with E-state index < -0.39 is 0 Å². The van der Waals surface area contributed by atoms with Crippen molar-refractivity contribution >= 4 is 11.8 Å². The molecule has 132 valence electrons. The van der Waals surface area contributed by atoms with Gasteiger partial charge in [0.1, 0.15) is 5.82 Å². The van der Waals surface area contributed by atoms with Crippen LogP contribution in [0.3, 0.4) is 0 Å². The molecule has 0 amide bonds. The first kappa shape index (κ1) is 16.4. The van der Waals surface area contributed by atoms with Crippen LogP contribution >= 0.6 is 0 Å². The standard InChI is InChI=1S/C20H22N6/c1-2-8-15(7-1)24-20-25-18(17-10-4-6-12-22-17)13-19(26-20)23-14-16-9-3-5-11-21-16/h3-6,9-13,15H,1-2,7-8,14H2,(H2,23,24,25,26). The van der Waals surface area contributed by atoms with E-state index in [1.165, 1.54) is 25.7 Å². The molecule has 6 heteroatoms. The van der Waals surface area contributed by atoms with Gasteiger partial charge >= 0.3 is 0 Å². The molecule has 1 aliphatic rings. The number of nitrogens with one attached hydrogen (secondary N) is 2. The zero-order chi connectivity index (χ0) is 17.6. The molecule has 0 radical (unpaired) electrons. The zero-order valence-corrected chi connectivity index (χ0v) is 14.6. The second-order valence-electron chi connectivity index (χ2n) is 6.48. The Hall–Kier alpha value is -3.02. The maximum atomic E-state index is 4.68. The average molecular weight is 346 g/mol. The Bertz CT molecular complexity index is 831. The van der Waals surface area contributed by atoms with Gasteiger partial charge in [0.2, 0.25) is 5.95 Å². The van der Waals surface area contributed by atoms with E-state index in [-0.39, 0.29) is 0 Å². The van der Waals surface area contributed by atoms with Crippen LogP contribution in [0.4, 0.5) is 11.8 Å². The summed E-state index contributed by atoms with van der Waals surface area (Å²) in [6.45, 7) is 0.613. The van der Waals surface area contributed by atoms with Crippen LogP contribution in [-0.2, 0) is 6.54 Å². The van der Waals surface area contributed by atoms with E-state index >= 15 is 0 Å². The minimum atomic E-state index is 0.456. The van der Waals surface area contributed by atoms with E-state index in [0.717, 1.165) is 22.9 Å². The van der Waals surface area contributed by atoms with Crippen molar-refractivity contribution in [3.05, 3.63) is 60.6 Å². The zero-order valence-electron chi connectivity index (χ0n) is 14.6. The Balaban J connectivity index is 1.58. The lowest BCUT2D eigenvalue weighted by Crippen LogP contribution is -2.17. The van der Waals surface area contributed by atoms with Gasteiger partial charge in [-0.3, -0.25) is 9.97 Å². The number of hydrogen-bond donors (Lipinski definition) is 2. The van der Waals surface area contributed by atoms with E-state index in [0.29, 0.717) is 18.5 Å². The monoisotopic (exact) mass is 346 g/mol. The molecule has 1 saturated carbocycles. The highest BCUT2D eigenvalue weighted by molar-refractivity contribution is 5.61. The molecule has 3 heterocycles. The quantitative estimate of drug-likeness (QED) is 0.705. The van der Waals surface area contributed by atoms with Crippen LogP contribution in [0.25, 0.3) is 11.4 Å². The van der Waals surface area contributed by atoms with Gasteiger partial charge in [-0.2, -0.15) is 4.98 Å². The normalized spacial score (nSPS) is 14.3. The average Bonchev–Trinajstić information content (AvgIpc) is 3.21. The minimum Gasteiger partial charge on any atom is -0.364 e. The molecule has 4 rings (SSSR count). The summed E-state index contributed by atoms with van der Waals surface area (Å²) in [5.41, 5.74) is 2.62. The Morgan fingerprint density at radius 1 is 0.885 bits per heavy atom. The molecule has 0 saturated heterocycles. The Morgan fingerprint density at radius 3 is 2.42 bits per heavy atom. The lowest BCUT2D eigenvalue weighted by molar-refractivity contribution is 0.744. The number of nitrogens with zero attached hydrogens (tertiary/aromatic N) is 4. The van der Waals surface area contributed by atoms with Crippen molar-refractivity contribution in [1.82, 2.24) is 19.9 Å². The largest absolute Gasteiger partial charge is 0.364 e. The lowest BCUT2D eigenvalue weighted by Gasteiger charge is -2.14. The third kappa shape index (κ3) is 4.14. The summed E-state index contributed by atoms with van der Waals surface area (Å²) in [5, 5.41) is 6.84. The SMILES string of the molecule is c1ccc(CNc2cc(-c3ccccn3)nc(NC3CCCC3)n2)nc1. The molecule has 0 spiro atoms. The minimum absolute atomic E-state index is 0.456. The first-order valence-corrected chi connectivity index (χ1v) is 9.08. The molecule has 0 atom stereocenters. The number of aromatic nitrogens is 4. The summed E-state index contributed by atoms with van der Waals surface area (Å²) in [6, 6.07) is 14.1. The molecular weight excluding hydrogens is 324 g/mol. The topological polar surface area (TPSA) is 75.6 Å². The van der Waals surface area contributed by atoms with Crippen LogP contribution in [0.5, 0.6) is 0 Å². The molecular formula is C20H22N6. The summed E-state index contributed by atoms with van der Waals surface area (Å²) in [5.74, 6) is 1.43. The van der Waals surface area contributed by atoms with Crippen molar-refractivity contribution in [2.75, 3.05) is 10.6 Å². The van der Waals surface area contributed by atoms with Gasteiger partial charge in [0.15, 0.2) is 0 Å². The molecule has 0 bridgehead atoms. The molecule has 1 aliphatic carbocycles. The van der Waals surface area contributed by atoms with Gasteiger partial charge in [0.05, 0.1) is 23.6 Å². The van der Waals surface area contributed by atoms with Crippen molar-refractivity contribution in [2.45, 2.75) is 38.3 Å². The van der Waals surface area contributed by atoms with Gasteiger partial charge in [0.25, 0.3) is 0 Å². The number of rotatable bonds is 6. The second-order valence-corrected chi connectivity index (χ2v) is 6.48. The van der Waals surface area contributed by atoms with Crippen LogP contribution in [0, 0.1) is 0 Å². The molecule has 0 aromatic carbocycles. The predicted octanol–water partition coefficient (Wildman–Crippen LogP) is 3.90. The highest BCUT2D eigenvalue weighted by Crippen LogP contribution is 2.24. The molecule has 0 unspecified atom stereocenters. The Morgan fingerprint density at radius 2 is 1.69 bits per heavy atom. The van der Waals surface area contributed by atoms with Crippen molar-refractivity contribution < 1.29 is 0 Å². The summed E-state index contributed by atoms with van der Waals surface area (Å²) in [6.07, 6.45) is 8.46. The van der Waals surface area contributed by atoms with Gasteiger partial charge in [-0.05, 0) is 37.1 Å². The molecule has 1 fully saturated rings. The van der Waals surface area contributed by atoms with Gasteiger partial charge in [-0.1, -0.05) is 25.0 Å². The first-order valence-electron chi connectivity index (χ1n) is 9.08. The highest BCUT2D eigenvalue weighted by Gasteiger charge is 2.17. The molecule has 6 nitrogen and oxygen atoms in total. The fourth-order valence-electron chi connectivity index (χ4n) is 3.18. The van der Waals surface area contributed by atoms with E-state index in [1.54, 1.807) is 12.4 Å². The van der Waals surface area contributed by atoms with Crippen LogP contribution in [-0.4, -0.2) is 26.0 Å². The summed E-state index contributed by atoms with van der Waals surface area (Å²) in [7, 11) is 0. The fraction of sp³-hybridized carbons (Fsp3) is 0.300. The van der Waals surface area contributed by atoms with E-state index in [2.05, 4.69) is 30.6 Å². The highest BCUT2D eigenvalue weighted by atomic mass is 15.2. The maximum Gasteiger partial charge on any atom is 0.225 e. The second kappa shape index (κ2) is 7.91. The van der Waals surface area contributed by atoms with E-state index in [4.69, 9.17) is 0 Å². The molecule has 3 aromatic rings. The van der Waals surface area contributed by atoms with Crippen LogP contribution in [0.15, 0.2) is 54.9 Å². The van der Waals surface area contributed by atoms with Gasteiger partial charge < -0.3 is 10.6 Å². The number of anilines is 2. The van der Waals surface area contributed by atoms with Crippen molar-refractivity contribution in [3.63, 3.8) is 0 Å². The van der Waals surface area contributed by atoms with Gasteiger partial charge in [0, 0.05) is 24.5 Å². The van der Waals surface area contributed by atoms with E-state index in [1.807, 2.05) is 42.5 Å². The summed E-state index contributed by atoms with van der Waals surface area (Å²) in [4.78, 5) is 18.1. The fourth-order valence-corrected chi connectivity index (χ4v) is 3.18. The smallest absolute Gasteiger partial charge is 0.225 e. The van der Waals surface area contributed by atoms with E-state index in [9.17, 15) is 0 Å². The Labute approximate surface area is 153 Å². The van der Waals surface area contributed by atoms with Crippen LogP contribution in [0.2, 0.25) is 0 Å². The first-order chi connectivity index (χ1) is 12.9. The van der Waals surface area contributed by atoms with Crippen LogP contribution < -0.4 is 10.6 Å². The Kier molecular flexibility index (Phi) is 5.00. The van der Waals surface area contributed by atoms with Crippen molar-refractivity contribution in [3.8, 4) is 11.4 Å². The summed E-state index contributed by atoms with van der Waals surface area (Å²) < 4.78 is 0. The third-order valence-electron chi connectivity index (χ3n) is 4.52.